The lowest BCUT2D eigenvalue weighted by atomic mass is 9.61. The molecule has 0 spiro atoms. The molecule has 1 unspecified atom stereocenters. The van der Waals surface area contributed by atoms with Crippen LogP contribution in [0, 0.1) is 16.7 Å². The lowest BCUT2D eigenvalue weighted by Crippen LogP contribution is -2.37. The van der Waals surface area contributed by atoms with Crippen LogP contribution < -0.4 is 0 Å². The van der Waals surface area contributed by atoms with Gasteiger partial charge in [0.05, 0.1) is 18.5 Å². The van der Waals surface area contributed by atoms with Crippen molar-refractivity contribution in [3.63, 3.8) is 0 Å². The third kappa shape index (κ3) is 5.68. The molecule has 3 aliphatic rings. The molecule has 0 aromatic carbocycles. The summed E-state index contributed by atoms with van der Waals surface area (Å²) in [5, 5.41) is 0. The van der Waals surface area contributed by atoms with Gasteiger partial charge in [0.15, 0.2) is 0 Å². The van der Waals surface area contributed by atoms with Crippen LogP contribution in [-0.4, -0.2) is 18.8 Å². The van der Waals surface area contributed by atoms with Crippen molar-refractivity contribution in [1.29, 1.82) is 0 Å². The fourth-order valence-corrected chi connectivity index (χ4v) is 6.43. The van der Waals surface area contributed by atoms with Crippen molar-refractivity contribution < 1.29 is 13.9 Å². The Morgan fingerprint density at radius 2 is 1.86 bits per heavy atom. The zero-order valence-corrected chi connectivity index (χ0v) is 23.1. The summed E-state index contributed by atoms with van der Waals surface area (Å²) in [5.41, 5.74) is 6.81. The van der Waals surface area contributed by atoms with E-state index in [1.54, 1.807) is 12.1 Å². The lowest BCUT2D eigenvalue weighted by Gasteiger charge is -2.42. The maximum atomic E-state index is 11.8. The van der Waals surface area contributed by atoms with E-state index in [-0.39, 0.29) is 16.6 Å². The fourth-order valence-electron chi connectivity index (χ4n) is 6.43. The molecular weight excluding hydrogens is 446 g/mol. The van der Waals surface area contributed by atoms with Gasteiger partial charge in [0.1, 0.15) is 5.76 Å². The minimum absolute atomic E-state index is 0.0599. The largest absolute Gasteiger partial charge is 0.463 e. The Morgan fingerprint density at radius 3 is 2.61 bits per heavy atom. The van der Waals surface area contributed by atoms with Crippen LogP contribution >= 0.6 is 0 Å². The molecule has 4 nitrogen and oxygen atoms in total. The second kappa shape index (κ2) is 10.8. The van der Waals surface area contributed by atoms with Gasteiger partial charge in [-0.15, -0.1) is 0 Å². The van der Waals surface area contributed by atoms with Crippen LogP contribution in [0.3, 0.4) is 0 Å². The highest BCUT2D eigenvalue weighted by atomic mass is 16.5. The summed E-state index contributed by atoms with van der Waals surface area (Å²) < 4.78 is 10.4. The molecule has 1 aromatic heterocycles. The molecule has 0 radical (unpaired) electrons. The van der Waals surface area contributed by atoms with E-state index in [0.717, 1.165) is 24.1 Å². The van der Waals surface area contributed by atoms with Gasteiger partial charge >= 0.3 is 5.97 Å². The van der Waals surface area contributed by atoms with Gasteiger partial charge in [0.2, 0.25) is 5.76 Å². The van der Waals surface area contributed by atoms with Crippen LogP contribution in [0.2, 0.25) is 0 Å². The molecular formula is C32H43NO3. The monoisotopic (exact) mass is 489 g/mol. The Balaban J connectivity index is 1.63. The van der Waals surface area contributed by atoms with Crippen molar-refractivity contribution in [2.45, 2.75) is 92.4 Å². The number of rotatable bonds is 10. The second-order valence-corrected chi connectivity index (χ2v) is 12.1. The highest BCUT2D eigenvalue weighted by Crippen LogP contribution is 2.53. The molecule has 36 heavy (non-hydrogen) atoms. The molecule has 0 amide bonds. The van der Waals surface area contributed by atoms with E-state index in [2.05, 4.69) is 52.8 Å². The number of methoxy groups -OCH3 is 1. The number of allylic oxidation sites excluding steroid dienone is 6. The van der Waals surface area contributed by atoms with Crippen molar-refractivity contribution in [3.8, 4) is 0 Å². The summed E-state index contributed by atoms with van der Waals surface area (Å²) in [4.78, 5) is 17.1. The third-order valence-electron chi connectivity index (χ3n) is 7.77. The SMILES string of the molecule is CCCCCCCCC1C=CC(C=Cc2ccc(C(=O)OC)o2)=C2N=C3C(=C21)CC(C)(C)CC3(C)C. The minimum atomic E-state index is -0.463. The van der Waals surface area contributed by atoms with Crippen molar-refractivity contribution in [1.82, 2.24) is 0 Å². The molecule has 194 valence electrons. The zero-order chi connectivity index (χ0) is 25.9. The van der Waals surface area contributed by atoms with E-state index in [1.807, 2.05) is 6.08 Å². The summed E-state index contributed by atoms with van der Waals surface area (Å²) in [6.45, 7) is 11.8. The highest BCUT2D eigenvalue weighted by molar-refractivity contribution is 6.09. The average Bonchev–Trinajstić information content (AvgIpc) is 3.45. The van der Waals surface area contributed by atoms with Crippen molar-refractivity contribution >= 4 is 17.8 Å². The van der Waals surface area contributed by atoms with Gasteiger partial charge in [-0.05, 0) is 60.1 Å². The molecule has 2 aliphatic carbocycles. The molecule has 1 aromatic rings. The Kier molecular flexibility index (Phi) is 7.92. The molecule has 0 N–H and O–H groups in total. The van der Waals surface area contributed by atoms with Crippen molar-refractivity contribution in [3.05, 3.63) is 64.3 Å². The molecule has 1 atom stereocenters. The quantitative estimate of drug-likeness (QED) is 0.243. The zero-order valence-electron chi connectivity index (χ0n) is 23.1. The van der Waals surface area contributed by atoms with Crippen LogP contribution in [0.1, 0.15) is 109 Å². The van der Waals surface area contributed by atoms with E-state index in [0.29, 0.717) is 11.7 Å². The number of hydrogen-bond acceptors (Lipinski definition) is 4. The molecule has 4 heteroatoms. The van der Waals surface area contributed by atoms with Crippen LogP contribution in [0.5, 0.6) is 0 Å². The van der Waals surface area contributed by atoms with Gasteiger partial charge in [0.25, 0.3) is 0 Å². The normalized spacial score (nSPS) is 22.2. The van der Waals surface area contributed by atoms with Crippen molar-refractivity contribution in [2.75, 3.05) is 7.11 Å². The molecule has 1 saturated carbocycles. The Labute approximate surface area is 217 Å². The van der Waals surface area contributed by atoms with Gasteiger partial charge in [-0.25, -0.2) is 4.79 Å². The van der Waals surface area contributed by atoms with Gasteiger partial charge < -0.3 is 9.15 Å². The number of fused-ring (bicyclic) bond motifs is 2. The number of ether oxygens (including phenoxy) is 1. The average molecular weight is 490 g/mol. The summed E-state index contributed by atoms with van der Waals surface area (Å²) in [5.74, 6) is 0.811. The molecule has 4 rings (SSSR count). The van der Waals surface area contributed by atoms with Gasteiger partial charge in [-0.2, -0.15) is 0 Å². The summed E-state index contributed by atoms with van der Waals surface area (Å²) >= 11 is 0. The first-order chi connectivity index (χ1) is 17.1. The van der Waals surface area contributed by atoms with E-state index in [9.17, 15) is 4.79 Å². The van der Waals surface area contributed by atoms with Crippen LogP contribution in [0.25, 0.3) is 6.08 Å². The summed E-state index contributed by atoms with van der Waals surface area (Å²) in [6.07, 6.45) is 20.0. The first-order valence-electron chi connectivity index (χ1n) is 13.8. The molecule has 0 bridgehead atoms. The first kappa shape index (κ1) is 26.4. The topological polar surface area (TPSA) is 51.8 Å². The van der Waals surface area contributed by atoms with E-state index >= 15 is 0 Å². The van der Waals surface area contributed by atoms with Crippen LogP contribution in [0.15, 0.2) is 62.2 Å². The van der Waals surface area contributed by atoms with Gasteiger partial charge in [-0.3, -0.25) is 4.99 Å². The molecule has 2 heterocycles. The Morgan fingerprint density at radius 1 is 1.11 bits per heavy atom. The number of nitrogens with zero attached hydrogens (tertiary/aromatic N) is 1. The number of carbonyl (C=O) groups excluding carboxylic acids is 1. The fraction of sp³-hybridized carbons (Fsp3) is 0.562. The minimum Gasteiger partial charge on any atom is -0.463 e. The summed E-state index contributed by atoms with van der Waals surface area (Å²) in [7, 11) is 1.36. The number of aliphatic imine (C=N–C) groups is 1. The number of furan rings is 1. The van der Waals surface area contributed by atoms with E-state index in [4.69, 9.17) is 14.1 Å². The van der Waals surface area contributed by atoms with E-state index < -0.39 is 5.97 Å². The van der Waals surface area contributed by atoms with Crippen LogP contribution in [0.4, 0.5) is 0 Å². The molecule has 1 fully saturated rings. The second-order valence-electron chi connectivity index (χ2n) is 12.1. The lowest BCUT2D eigenvalue weighted by molar-refractivity contribution is 0.0564. The maximum absolute atomic E-state index is 11.8. The number of esters is 1. The predicted octanol–water partition coefficient (Wildman–Crippen LogP) is 8.87. The Hall–Kier alpha value is -2.62. The van der Waals surface area contributed by atoms with Gasteiger partial charge in [0, 0.05) is 16.9 Å². The Bertz CT molecular complexity index is 1140. The first-order valence-corrected chi connectivity index (χ1v) is 13.8. The van der Waals surface area contributed by atoms with Gasteiger partial charge in [-0.1, -0.05) is 85.3 Å². The maximum Gasteiger partial charge on any atom is 0.373 e. The molecule has 0 saturated heterocycles. The number of carbonyl (C=O) groups is 1. The standard InChI is InChI=1S/C32H43NO3/c1-7-8-9-10-11-12-13-22-14-15-23(16-17-24-18-19-26(36-24)30(34)35-6)28-27(22)25-20-31(2,3)21-32(4,5)29(25)33-28/h14-19,22H,7-13,20-21H2,1-6H3. The number of unbranched alkanes of at least 4 members (excludes halogenated alkanes) is 5. The highest BCUT2D eigenvalue weighted by Gasteiger charge is 2.46. The molecule has 1 aliphatic heterocycles. The smallest absolute Gasteiger partial charge is 0.373 e. The van der Waals surface area contributed by atoms with Crippen molar-refractivity contribution in [2.24, 2.45) is 21.7 Å². The third-order valence-corrected chi connectivity index (χ3v) is 7.77. The van der Waals surface area contributed by atoms with Crippen LogP contribution in [-0.2, 0) is 4.74 Å². The van der Waals surface area contributed by atoms with E-state index in [1.165, 1.54) is 68.9 Å². The summed E-state index contributed by atoms with van der Waals surface area (Å²) in [6, 6.07) is 3.45. The predicted molar refractivity (Wildman–Crippen MR) is 148 cm³/mol. The number of hydrogen-bond donors (Lipinski definition) is 0.